The highest BCUT2D eigenvalue weighted by Gasteiger charge is 2.32. The van der Waals surface area contributed by atoms with E-state index < -0.39 is 0 Å². The Balaban J connectivity index is 0.00000124. The standard InChI is InChI=1S/C29H26ClFN6O.CH2O2/c30-20-3-10-26-25(15-20)24-11-13-37(22-6-4-21(31)5-7-22)28(27(24)36-26)18-1-8-23(9-2-18)38-14-12-35-17-19(16-32)29(33)34;2-1-3/h1-10,15,17,28,35-36H,11-14H2,(H3,33,34);1H,(H,2,3)/b19-17-;. The summed E-state index contributed by atoms with van der Waals surface area (Å²) < 4.78 is 19.5. The Labute approximate surface area is 241 Å². The topological polar surface area (TPSA) is 151 Å². The van der Waals surface area contributed by atoms with Crippen molar-refractivity contribution in [3.8, 4) is 11.8 Å². The first-order valence-electron chi connectivity index (χ1n) is 12.7. The molecule has 4 aromatic rings. The monoisotopic (exact) mass is 574 g/mol. The Hall–Kier alpha value is -5.01. The number of fused-ring (bicyclic) bond motifs is 3. The molecule has 0 aliphatic carbocycles. The highest BCUT2D eigenvalue weighted by Crippen LogP contribution is 2.41. The van der Waals surface area contributed by atoms with Gasteiger partial charge in [0.1, 0.15) is 35.7 Å². The van der Waals surface area contributed by atoms with Crippen molar-refractivity contribution < 1.29 is 19.0 Å². The summed E-state index contributed by atoms with van der Waals surface area (Å²) in [5.74, 6) is 0.161. The first kappa shape index (κ1) is 29.0. The van der Waals surface area contributed by atoms with Crippen LogP contribution >= 0.6 is 11.6 Å². The first-order chi connectivity index (χ1) is 19.9. The number of carboxylic acid groups (broad SMARTS) is 1. The highest BCUT2D eigenvalue weighted by atomic mass is 35.5. The largest absolute Gasteiger partial charge is 0.492 e. The zero-order chi connectivity index (χ0) is 29.4. The van der Waals surface area contributed by atoms with Gasteiger partial charge in [-0.1, -0.05) is 23.7 Å². The molecule has 1 aliphatic rings. The number of aromatic amines is 1. The Kier molecular flexibility index (Phi) is 9.45. The van der Waals surface area contributed by atoms with E-state index in [0.717, 1.165) is 40.8 Å². The van der Waals surface area contributed by atoms with Crippen LogP contribution in [-0.4, -0.2) is 42.1 Å². The molecule has 0 fully saturated rings. The van der Waals surface area contributed by atoms with E-state index in [1.165, 1.54) is 23.9 Å². The molecule has 6 N–H and O–H groups in total. The molecule has 0 bridgehead atoms. The molecule has 9 nitrogen and oxygen atoms in total. The summed E-state index contributed by atoms with van der Waals surface area (Å²) in [5, 5.41) is 27.9. The van der Waals surface area contributed by atoms with Crippen LogP contribution in [0.1, 0.15) is 22.9 Å². The van der Waals surface area contributed by atoms with Crippen LogP contribution in [0, 0.1) is 22.6 Å². The van der Waals surface area contributed by atoms with Gasteiger partial charge in [-0.25, -0.2) is 4.39 Å². The summed E-state index contributed by atoms with van der Waals surface area (Å²) in [4.78, 5) is 14.3. The van der Waals surface area contributed by atoms with Gasteiger partial charge in [-0.05, 0) is 72.1 Å². The lowest BCUT2D eigenvalue weighted by Crippen LogP contribution is -2.36. The van der Waals surface area contributed by atoms with Gasteiger partial charge < -0.3 is 30.8 Å². The maximum Gasteiger partial charge on any atom is 0.290 e. The maximum absolute atomic E-state index is 13.7. The van der Waals surface area contributed by atoms with Gasteiger partial charge >= 0.3 is 0 Å². The number of hydrogen-bond donors (Lipinski definition) is 5. The van der Waals surface area contributed by atoms with Gasteiger partial charge in [0.2, 0.25) is 0 Å². The third kappa shape index (κ3) is 6.77. The lowest BCUT2D eigenvalue weighted by molar-refractivity contribution is -0.122. The molecule has 1 aliphatic heterocycles. The van der Waals surface area contributed by atoms with Crippen molar-refractivity contribution >= 4 is 40.5 Å². The van der Waals surface area contributed by atoms with Crippen LogP contribution in [0.25, 0.3) is 10.9 Å². The molecular weight excluding hydrogens is 547 g/mol. The van der Waals surface area contributed by atoms with Gasteiger partial charge in [-0.3, -0.25) is 10.2 Å². The fourth-order valence-corrected chi connectivity index (χ4v) is 5.01. The van der Waals surface area contributed by atoms with Crippen molar-refractivity contribution in [1.29, 1.82) is 10.7 Å². The van der Waals surface area contributed by atoms with Gasteiger partial charge in [-0.15, -0.1) is 0 Å². The van der Waals surface area contributed by atoms with Crippen molar-refractivity contribution in [3.05, 3.63) is 106 Å². The normalized spacial score (nSPS) is 14.3. The van der Waals surface area contributed by atoms with E-state index in [1.807, 2.05) is 60.7 Å². The molecule has 41 heavy (non-hydrogen) atoms. The van der Waals surface area contributed by atoms with Crippen LogP contribution in [0.2, 0.25) is 5.02 Å². The van der Waals surface area contributed by atoms with Crippen molar-refractivity contribution in [1.82, 2.24) is 10.3 Å². The summed E-state index contributed by atoms with van der Waals surface area (Å²) in [6, 6.07) is 22.2. The number of rotatable bonds is 8. The second kappa shape index (κ2) is 13.4. The number of aromatic nitrogens is 1. The quantitative estimate of drug-likeness (QED) is 0.0643. The molecular formula is C30H28ClFN6O3. The smallest absolute Gasteiger partial charge is 0.290 e. The maximum atomic E-state index is 13.7. The third-order valence-corrected chi connectivity index (χ3v) is 6.85. The van der Waals surface area contributed by atoms with Gasteiger partial charge in [0.05, 0.1) is 6.04 Å². The fourth-order valence-electron chi connectivity index (χ4n) is 4.84. The number of nitriles is 1. The minimum Gasteiger partial charge on any atom is -0.492 e. The summed E-state index contributed by atoms with van der Waals surface area (Å²) in [5.41, 5.74) is 10.8. The Morgan fingerprint density at radius 1 is 1.24 bits per heavy atom. The first-order valence-corrected chi connectivity index (χ1v) is 13.0. The lowest BCUT2D eigenvalue weighted by atomic mass is 9.91. The molecule has 0 saturated heterocycles. The van der Waals surface area contributed by atoms with E-state index in [1.54, 1.807) is 0 Å². The van der Waals surface area contributed by atoms with Crippen LogP contribution in [0.5, 0.6) is 5.75 Å². The number of benzene rings is 3. The zero-order valence-electron chi connectivity index (χ0n) is 21.9. The van der Waals surface area contributed by atoms with E-state index >= 15 is 0 Å². The predicted octanol–water partition coefficient (Wildman–Crippen LogP) is 5.13. The molecule has 1 aromatic heterocycles. The second-order valence-corrected chi connectivity index (χ2v) is 9.53. The summed E-state index contributed by atoms with van der Waals surface area (Å²) in [6.07, 6.45) is 2.25. The number of ether oxygens (including phenoxy) is 1. The van der Waals surface area contributed by atoms with Crippen LogP contribution in [0.4, 0.5) is 10.1 Å². The number of amidine groups is 1. The molecule has 1 atom stereocenters. The number of hydrogen-bond acceptors (Lipinski definition) is 6. The molecule has 210 valence electrons. The average molecular weight is 575 g/mol. The fraction of sp³-hybridized carbons (Fsp3) is 0.167. The van der Waals surface area contributed by atoms with Crippen molar-refractivity contribution in [2.75, 3.05) is 24.6 Å². The number of nitrogens with two attached hydrogens (primary N) is 1. The van der Waals surface area contributed by atoms with E-state index in [9.17, 15) is 4.39 Å². The van der Waals surface area contributed by atoms with Crippen LogP contribution in [-0.2, 0) is 11.2 Å². The van der Waals surface area contributed by atoms with E-state index in [2.05, 4.69) is 15.2 Å². The van der Waals surface area contributed by atoms with Gasteiger partial charge in [0.25, 0.3) is 6.47 Å². The van der Waals surface area contributed by atoms with E-state index in [0.29, 0.717) is 23.9 Å². The van der Waals surface area contributed by atoms with Crippen molar-refractivity contribution in [2.24, 2.45) is 5.73 Å². The number of H-pyrrole nitrogens is 1. The molecule has 1 unspecified atom stereocenters. The molecule has 0 radical (unpaired) electrons. The molecule has 0 spiro atoms. The van der Waals surface area contributed by atoms with Crippen LogP contribution in [0.15, 0.2) is 78.5 Å². The van der Waals surface area contributed by atoms with Crippen molar-refractivity contribution in [3.63, 3.8) is 0 Å². The minimum absolute atomic E-state index is 0.0751. The van der Waals surface area contributed by atoms with Crippen molar-refractivity contribution in [2.45, 2.75) is 12.5 Å². The number of carbonyl (C=O) groups is 1. The molecule has 2 heterocycles. The second-order valence-electron chi connectivity index (χ2n) is 9.09. The van der Waals surface area contributed by atoms with Crippen LogP contribution in [0.3, 0.4) is 0 Å². The molecule has 3 aromatic carbocycles. The Morgan fingerprint density at radius 3 is 2.61 bits per heavy atom. The minimum atomic E-state index is -0.282. The van der Waals surface area contributed by atoms with Gasteiger partial charge in [-0.2, -0.15) is 5.26 Å². The summed E-state index contributed by atoms with van der Waals surface area (Å²) in [6.45, 7) is 1.33. The summed E-state index contributed by atoms with van der Waals surface area (Å²) >= 11 is 6.32. The van der Waals surface area contributed by atoms with E-state index in [4.69, 9.17) is 42.6 Å². The number of nitrogens with zero attached hydrogens (tertiary/aromatic N) is 2. The van der Waals surface area contributed by atoms with E-state index in [-0.39, 0.29) is 29.7 Å². The summed E-state index contributed by atoms with van der Waals surface area (Å²) in [7, 11) is 0. The number of anilines is 1. The van der Waals surface area contributed by atoms with Gasteiger partial charge in [0.15, 0.2) is 0 Å². The predicted molar refractivity (Wildman–Crippen MR) is 157 cm³/mol. The molecule has 0 saturated carbocycles. The Bertz CT molecular complexity index is 1600. The van der Waals surface area contributed by atoms with Crippen LogP contribution < -0.4 is 20.7 Å². The number of halogens is 2. The highest BCUT2D eigenvalue weighted by molar-refractivity contribution is 6.31. The van der Waals surface area contributed by atoms with Gasteiger partial charge in [0, 0.05) is 46.6 Å². The average Bonchev–Trinajstić information content (AvgIpc) is 3.33. The Morgan fingerprint density at radius 2 is 1.95 bits per heavy atom. The SMILES string of the molecule is N#C/C(=C/NCCOc1ccc(C2c3[nH]c4ccc(Cl)cc4c3CCN2c2ccc(F)cc2)cc1)C(=N)N.O=CO. The lowest BCUT2D eigenvalue weighted by Gasteiger charge is -2.38. The zero-order valence-corrected chi connectivity index (χ0v) is 22.7. The molecule has 5 rings (SSSR count). The molecule has 0 amide bonds. The number of nitrogens with one attached hydrogen (secondary N) is 3. The molecule has 11 heteroatoms. The third-order valence-electron chi connectivity index (χ3n) is 6.62.